The molecule has 1 aromatic heterocycles. The zero-order valence-electron chi connectivity index (χ0n) is 9.57. The number of hydrogen-bond acceptors (Lipinski definition) is 4. The van der Waals surface area contributed by atoms with Crippen LogP contribution < -0.4 is 5.01 Å². The maximum Gasteiger partial charge on any atom is 0.101 e. The van der Waals surface area contributed by atoms with Gasteiger partial charge < -0.3 is 0 Å². The third-order valence-corrected chi connectivity index (χ3v) is 3.42. The summed E-state index contributed by atoms with van der Waals surface area (Å²) in [4.78, 5) is 4.04. The van der Waals surface area contributed by atoms with Crippen molar-refractivity contribution in [3.63, 3.8) is 0 Å². The van der Waals surface area contributed by atoms with Gasteiger partial charge in [-0.1, -0.05) is 21.2 Å². The Bertz CT molecular complexity index is 553. The summed E-state index contributed by atoms with van der Waals surface area (Å²) in [6.45, 7) is 0.681. The predicted molar refractivity (Wildman–Crippen MR) is 73.3 cm³/mol. The van der Waals surface area contributed by atoms with Gasteiger partial charge in [0.25, 0.3) is 0 Å². The topological polar surface area (TPSA) is 40.9 Å². The molecule has 3 rings (SSSR count). The standard InChI is InChI=1S/C13H11BrN4/c14-11-1-3-12(4-2-11)18-13(9-16-17-18)10-5-7-15-8-6-10/h1-8,13H,9H2/t13-/m0/s1. The summed E-state index contributed by atoms with van der Waals surface area (Å²) in [5.41, 5.74) is 2.22. The molecule has 0 bridgehead atoms. The Morgan fingerprint density at radius 2 is 1.78 bits per heavy atom. The number of nitrogens with zero attached hydrogens (tertiary/aromatic N) is 4. The monoisotopic (exact) mass is 302 g/mol. The van der Waals surface area contributed by atoms with E-state index < -0.39 is 0 Å². The van der Waals surface area contributed by atoms with Crippen molar-refractivity contribution in [3.8, 4) is 0 Å². The van der Waals surface area contributed by atoms with Gasteiger partial charge in [0.05, 0.1) is 12.2 Å². The molecule has 90 valence electrons. The first kappa shape index (κ1) is 11.3. The van der Waals surface area contributed by atoms with E-state index in [2.05, 4.69) is 31.3 Å². The number of benzene rings is 1. The minimum atomic E-state index is 0.161. The quantitative estimate of drug-likeness (QED) is 0.847. The number of pyridine rings is 1. The van der Waals surface area contributed by atoms with Crippen LogP contribution in [0.15, 0.2) is 63.6 Å². The van der Waals surface area contributed by atoms with Gasteiger partial charge in [0.1, 0.15) is 6.04 Å². The van der Waals surface area contributed by atoms with Gasteiger partial charge in [0.15, 0.2) is 0 Å². The third kappa shape index (κ3) is 2.13. The number of anilines is 1. The van der Waals surface area contributed by atoms with Crippen LogP contribution in [-0.2, 0) is 0 Å². The highest BCUT2D eigenvalue weighted by Crippen LogP contribution is 2.32. The van der Waals surface area contributed by atoms with Crippen LogP contribution in [0, 0.1) is 0 Å². The van der Waals surface area contributed by atoms with Gasteiger partial charge in [-0.05, 0) is 42.0 Å². The second-order valence-corrected chi connectivity index (χ2v) is 4.95. The first-order valence-electron chi connectivity index (χ1n) is 5.67. The summed E-state index contributed by atoms with van der Waals surface area (Å²) in [7, 11) is 0. The van der Waals surface area contributed by atoms with Gasteiger partial charge in [0.2, 0.25) is 0 Å². The number of hydrogen-bond donors (Lipinski definition) is 0. The lowest BCUT2D eigenvalue weighted by molar-refractivity contribution is 0.730. The first-order chi connectivity index (χ1) is 8.84. The van der Waals surface area contributed by atoms with Gasteiger partial charge >= 0.3 is 0 Å². The molecule has 1 atom stereocenters. The second-order valence-electron chi connectivity index (χ2n) is 4.03. The zero-order valence-corrected chi connectivity index (χ0v) is 11.2. The fourth-order valence-corrected chi connectivity index (χ4v) is 2.24. The molecule has 1 aliphatic rings. The van der Waals surface area contributed by atoms with Crippen molar-refractivity contribution in [2.24, 2.45) is 10.3 Å². The molecule has 5 heteroatoms. The van der Waals surface area contributed by atoms with Crippen molar-refractivity contribution in [1.29, 1.82) is 0 Å². The molecule has 0 radical (unpaired) electrons. The van der Waals surface area contributed by atoms with Gasteiger partial charge in [-0.15, -0.1) is 0 Å². The fraction of sp³-hybridized carbons (Fsp3) is 0.154. The molecule has 0 aliphatic carbocycles. The Balaban J connectivity index is 1.91. The highest BCUT2D eigenvalue weighted by atomic mass is 79.9. The summed E-state index contributed by atoms with van der Waals surface area (Å²) < 4.78 is 1.06. The van der Waals surface area contributed by atoms with Crippen molar-refractivity contribution in [1.82, 2.24) is 4.98 Å². The average Bonchev–Trinajstić information content (AvgIpc) is 2.90. The summed E-state index contributed by atoms with van der Waals surface area (Å²) in [5, 5.41) is 10.3. The Morgan fingerprint density at radius 3 is 2.50 bits per heavy atom. The van der Waals surface area contributed by atoms with Crippen LogP contribution in [0.1, 0.15) is 11.6 Å². The molecule has 0 fully saturated rings. The molecule has 18 heavy (non-hydrogen) atoms. The minimum absolute atomic E-state index is 0.161. The molecule has 0 spiro atoms. The van der Waals surface area contributed by atoms with Crippen LogP contribution in [-0.4, -0.2) is 11.5 Å². The molecular weight excluding hydrogens is 292 g/mol. The molecule has 0 saturated heterocycles. The summed E-state index contributed by atoms with van der Waals surface area (Å²) in [5.74, 6) is 0. The number of halogens is 1. The van der Waals surface area contributed by atoms with Gasteiger partial charge in [-0.25, -0.2) is 5.01 Å². The second kappa shape index (κ2) is 4.86. The highest BCUT2D eigenvalue weighted by molar-refractivity contribution is 9.10. The Kier molecular flexibility index (Phi) is 3.06. The lowest BCUT2D eigenvalue weighted by atomic mass is 10.1. The third-order valence-electron chi connectivity index (χ3n) is 2.89. The van der Waals surface area contributed by atoms with E-state index in [1.165, 1.54) is 5.56 Å². The maximum absolute atomic E-state index is 4.22. The molecule has 0 amide bonds. The minimum Gasteiger partial charge on any atom is -0.265 e. The zero-order chi connectivity index (χ0) is 12.4. The van der Waals surface area contributed by atoms with Gasteiger partial charge in [-0.3, -0.25) is 4.98 Å². The largest absolute Gasteiger partial charge is 0.265 e. The molecule has 0 unspecified atom stereocenters. The molecule has 0 N–H and O–H groups in total. The lowest BCUT2D eigenvalue weighted by Gasteiger charge is -2.21. The molecule has 0 saturated carbocycles. The van der Waals surface area contributed by atoms with Crippen molar-refractivity contribution in [3.05, 3.63) is 58.8 Å². The highest BCUT2D eigenvalue weighted by Gasteiger charge is 2.25. The lowest BCUT2D eigenvalue weighted by Crippen LogP contribution is -2.20. The maximum atomic E-state index is 4.22. The molecule has 2 aromatic rings. The van der Waals surface area contributed by atoms with E-state index in [4.69, 9.17) is 0 Å². The number of rotatable bonds is 2. The van der Waals surface area contributed by atoms with Crippen molar-refractivity contribution >= 4 is 21.6 Å². The van der Waals surface area contributed by atoms with E-state index in [-0.39, 0.29) is 6.04 Å². The van der Waals surface area contributed by atoms with Crippen LogP contribution in [0.3, 0.4) is 0 Å². The van der Waals surface area contributed by atoms with Gasteiger partial charge in [0, 0.05) is 16.9 Å². The molecule has 2 heterocycles. The average molecular weight is 303 g/mol. The van der Waals surface area contributed by atoms with Crippen LogP contribution >= 0.6 is 15.9 Å². The van der Waals surface area contributed by atoms with Gasteiger partial charge in [-0.2, -0.15) is 5.11 Å². The van der Waals surface area contributed by atoms with Crippen LogP contribution in [0.25, 0.3) is 0 Å². The first-order valence-corrected chi connectivity index (χ1v) is 6.46. The van der Waals surface area contributed by atoms with E-state index in [0.29, 0.717) is 6.54 Å². The van der Waals surface area contributed by atoms with E-state index in [1.807, 2.05) is 41.4 Å². The molecule has 1 aromatic carbocycles. The van der Waals surface area contributed by atoms with Crippen LogP contribution in [0.5, 0.6) is 0 Å². The summed E-state index contributed by atoms with van der Waals surface area (Å²) in [6, 6.07) is 12.2. The van der Waals surface area contributed by atoms with Crippen molar-refractivity contribution < 1.29 is 0 Å². The summed E-state index contributed by atoms with van der Waals surface area (Å²) >= 11 is 3.43. The van der Waals surface area contributed by atoms with Crippen molar-refractivity contribution in [2.45, 2.75) is 6.04 Å². The summed E-state index contributed by atoms with van der Waals surface area (Å²) in [6.07, 6.45) is 3.60. The van der Waals surface area contributed by atoms with Crippen LogP contribution in [0.4, 0.5) is 5.69 Å². The Morgan fingerprint density at radius 1 is 1.06 bits per heavy atom. The predicted octanol–water partition coefficient (Wildman–Crippen LogP) is 3.77. The molecule has 1 aliphatic heterocycles. The Labute approximate surface area is 113 Å². The van der Waals surface area contributed by atoms with Crippen LogP contribution in [0.2, 0.25) is 0 Å². The smallest absolute Gasteiger partial charge is 0.101 e. The van der Waals surface area contributed by atoms with E-state index in [1.54, 1.807) is 12.4 Å². The SMILES string of the molecule is Brc1ccc(N2N=NC[C@H]2c2ccncc2)cc1. The van der Waals surface area contributed by atoms with Crippen molar-refractivity contribution in [2.75, 3.05) is 11.6 Å². The normalized spacial score (nSPS) is 18.3. The number of aromatic nitrogens is 1. The fourth-order valence-electron chi connectivity index (χ4n) is 1.98. The Hall–Kier alpha value is -1.75. The molecule has 4 nitrogen and oxygen atoms in total. The van der Waals surface area contributed by atoms with E-state index in [0.717, 1.165) is 10.2 Å². The van der Waals surface area contributed by atoms with E-state index in [9.17, 15) is 0 Å². The van der Waals surface area contributed by atoms with E-state index >= 15 is 0 Å². The molecular formula is C13H11BrN4.